The third-order valence-corrected chi connectivity index (χ3v) is 3.20. The van der Waals surface area contributed by atoms with Gasteiger partial charge < -0.3 is 14.8 Å². The Bertz CT molecular complexity index is 346. The molecule has 0 spiro atoms. The molecule has 1 aliphatic carbocycles. The summed E-state index contributed by atoms with van der Waals surface area (Å²) in [5.74, 6) is 0.923. The van der Waals surface area contributed by atoms with Gasteiger partial charge in [-0.25, -0.2) is 0 Å². The summed E-state index contributed by atoms with van der Waals surface area (Å²) in [6, 6.07) is 9.02. The smallest absolute Gasteiger partial charge is 0.134 e. The molecule has 0 saturated heterocycles. The van der Waals surface area contributed by atoms with Crippen LogP contribution < -0.4 is 10.1 Å². The number of nitrogens with one attached hydrogen (secondary N) is 1. The van der Waals surface area contributed by atoms with Crippen LogP contribution in [-0.2, 0) is 11.2 Å². The Hall–Kier alpha value is -1.06. The summed E-state index contributed by atoms with van der Waals surface area (Å²) in [7, 11) is 1.72. The fourth-order valence-electron chi connectivity index (χ4n) is 1.90. The molecule has 1 unspecified atom stereocenters. The van der Waals surface area contributed by atoms with E-state index >= 15 is 0 Å². The first-order chi connectivity index (χ1) is 8.81. The molecule has 100 valence electrons. The van der Waals surface area contributed by atoms with Crippen LogP contribution in [0.3, 0.4) is 0 Å². The van der Waals surface area contributed by atoms with Crippen molar-refractivity contribution in [1.82, 2.24) is 5.32 Å². The molecule has 18 heavy (non-hydrogen) atoms. The van der Waals surface area contributed by atoms with Crippen LogP contribution in [0, 0.1) is 0 Å². The number of ether oxygens (including phenoxy) is 2. The van der Waals surface area contributed by atoms with E-state index in [-0.39, 0.29) is 6.10 Å². The first kappa shape index (κ1) is 13.4. The maximum Gasteiger partial charge on any atom is 0.134 e. The number of hydrogen-bond acceptors (Lipinski definition) is 3. The Balaban J connectivity index is 1.84. The lowest BCUT2D eigenvalue weighted by Crippen LogP contribution is -2.35. The first-order valence-electron chi connectivity index (χ1n) is 6.79. The minimum Gasteiger partial charge on any atom is -0.487 e. The topological polar surface area (TPSA) is 30.5 Å². The van der Waals surface area contributed by atoms with Crippen molar-refractivity contribution in [3.05, 3.63) is 29.8 Å². The van der Waals surface area contributed by atoms with Crippen molar-refractivity contribution in [2.75, 3.05) is 20.3 Å². The second-order valence-electron chi connectivity index (χ2n) is 4.88. The van der Waals surface area contributed by atoms with Crippen LogP contribution >= 0.6 is 0 Å². The van der Waals surface area contributed by atoms with Gasteiger partial charge in [0.1, 0.15) is 11.9 Å². The zero-order chi connectivity index (χ0) is 12.8. The third-order valence-electron chi connectivity index (χ3n) is 3.20. The summed E-state index contributed by atoms with van der Waals surface area (Å²) in [5, 5.41) is 3.48. The van der Waals surface area contributed by atoms with Crippen molar-refractivity contribution >= 4 is 0 Å². The van der Waals surface area contributed by atoms with Gasteiger partial charge in [0.15, 0.2) is 0 Å². The molecule has 0 aliphatic heterocycles. The van der Waals surface area contributed by atoms with Gasteiger partial charge in [-0.15, -0.1) is 0 Å². The van der Waals surface area contributed by atoms with E-state index in [2.05, 4.69) is 24.4 Å². The lowest BCUT2D eigenvalue weighted by molar-refractivity contribution is 0.0804. The van der Waals surface area contributed by atoms with E-state index in [0.717, 1.165) is 18.7 Å². The second-order valence-corrected chi connectivity index (χ2v) is 4.88. The van der Waals surface area contributed by atoms with Crippen molar-refractivity contribution in [3.8, 4) is 5.75 Å². The van der Waals surface area contributed by atoms with Crippen molar-refractivity contribution in [2.45, 2.75) is 38.3 Å². The Kier molecular flexibility index (Phi) is 5.02. The van der Waals surface area contributed by atoms with Crippen LogP contribution in [0.25, 0.3) is 0 Å². The van der Waals surface area contributed by atoms with Crippen molar-refractivity contribution in [3.63, 3.8) is 0 Å². The third kappa shape index (κ3) is 4.31. The van der Waals surface area contributed by atoms with Gasteiger partial charge in [-0.1, -0.05) is 19.1 Å². The fourth-order valence-corrected chi connectivity index (χ4v) is 1.90. The largest absolute Gasteiger partial charge is 0.487 e. The average Bonchev–Trinajstić information content (AvgIpc) is 3.21. The molecule has 3 heteroatoms. The van der Waals surface area contributed by atoms with Crippen LogP contribution in [0.4, 0.5) is 0 Å². The quantitative estimate of drug-likeness (QED) is 0.767. The van der Waals surface area contributed by atoms with Gasteiger partial charge in [-0.2, -0.15) is 0 Å². The molecule has 3 nitrogen and oxygen atoms in total. The highest BCUT2D eigenvalue weighted by molar-refractivity contribution is 5.27. The molecule has 0 bridgehead atoms. The van der Waals surface area contributed by atoms with E-state index in [1.165, 1.54) is 18.4 Å². The monoisotopic (exact) mass is 249 g/mol. The molecule has 1 aliphatic rings. The predicted octanol–water partition coefficient (Wildman–Crippen LogP) is 2.39. The average molecular weight is 249 g/mol. The van der Waals surface area contributed by atoms with Crippen molar-refractivity contribution < 1.29 is 9.47 Å². The summed E-state index contributed by atoms with van der Waals surface area (Å²) in [6.07, 6.45) is 3.74. The van der Waals surface area contributed by atoms with Gasteiger partial charge in [0, 0.05) is 19.7 Å². The maximum absolute atomic E-state index is 5.95. The number of methoxy groups -OCH3 is 1. The molecular weight excluding hydrogens is 226 g/mol. The molecule has 0 radical (unpaired) electrons. The van der Waals surface area contributed by atoms with Crippen molar-refractivity contribution in [2.24, 2.45) is 0 Å². The molecule has 1 N–H and O–H groups in total. The Morgan fingerprint density at radius 3 is 2.56 bits per heavy atom. The molecule has 0 aromatic heterocycles. The van der Waals surface area contributed by atoms with E-state index < -0.39 is 0 Å². The van der Waals surface area contributed by atoms with Crippen LogP contribution in [0.15, 0.2) is 24.3 Å². The van der Waals surface area contributed by atoms with E-state index in [0.29, 0.717) is 12.6 Å². The normalized spacial score (nSPS) is 16.6. The zero-order valence-electron chi connectivity index (χ0n) is 11.3. The summed E-state index contributed by atoms with van der Waals surface area (Å²) in [6.45, 7) is 3.63. The predicted molar refractivity (Wildman–Crippen MR) is 73.1 cm³/mol. The molecular formula is C15H23NO2. The summed E-state index contributed by atoms with van der Waals surface area (Å²) in [4.78, 5) is 0. The van der Waals surface area contributed by atoms with Crippen LogP contribution in [0.5, 0.6) is 5.75 Å². The molecule has 1 fully saturated rings. The number of benzene rings is 1. The molecule has 1 atom stereocenters. The molecule has 2 rings (SSSR count). The first-order valence-corrected chi connectivity index (χ1v) is 6.79. The standard InChI is InChI=1S/C15H23NO2/c1-3-12-4-8-14(9-5-12)18-15(11-17-2)10-16-13-6-7-13/h4-5,8-9,13,15-16H,3,6-7,10-11H2,1-2H3. The van der Waals surface area contributed by atoms with Gasteiger partial charge in [-0.3, -0.25) is 0 Å². The van der Waals surface area contributed by atoms with E-state index in [1.54, 1.807) is 7.11 Å². The fraction of sp³-hybridized carbons (Fsp3) is 0.600. The summed E-state index contributed by atoms with van der Waals surface area (Å²) >= 11 is 0. The van der Waals surface area contributed by atoms with Crippen LogP contribution in [0.1, 0.15) is 25.3 Å². The molecule has 1 aromatic rings. The number of aryl methyl sites for hydroxylation is 1. The lowest BCUT2D eigenvalue weighted by Gasteiger charge is -2.19. The highest BCUT2D eigenvalue weighted by atomic mass is 16.5. The zero-order valence-corrected chi connectivity index (χ0v) is 11.3. The van der Waals surface area contributed by atoms with Crippen LogP contribution in [-0.4, -0.2) is 32.4 Å². The summed E-state index contributed by atoms with van der Waals surface area (Å²) < 4.78 is 11.2. The second kappa shape index (κ2) is 6.76. The van der Waals surface area contributed by atoms with Crippen molar-refractivity contribution in [1.29, 1.82) is 0 Å². The highest BCUT2D eigenvalue weighted by Gasteiger charge is 2.22. The van der Waals surface area contributed by atoms with Gasteiger partial charge in [0.05, 0.1) is 6.61 Å². The van der Waals surface area contributed by atoms with Gasteiger partial charge >= 0.3 is 0 Å². The van der Waals surface area contributed by atoms with E-state index in [4.69, 9.17) is 9.47 Å². The molecule has 1 saturated carbocycles. The number of hydrogen-bond donors (Lipinski definition) is 1. The highest BCUT2D eigenvalue weighted by Crippen LogP contribution is 2.19. The molecule has 0 amide bonds. The molecule has 0 heterocycles. The van der Waals surface area contributed by atoms with Gasteiger partial charge in [-0.05, 0) is 37.0 Å². The Labute approximate surface area is 109 Å². The number of rotatable bonds is 8. The van der Waals surface area contributed by atoms with Gasteiger partial charge in [0.25, 0.3) is 0 Å². The van der Waals surface area contributed by atoms with E-state index in [9.17, 15) is 0 Å². The molecule has 1 aromatic carbocycles. The Morgan fingerprint density at radius 2 is 2.00 bits per heavy atom. The SMILES string of the molecule is CCc1ccc(OC(CNC2CC2)COC)cc1. The minimum absolute atomic E-state index is 0.0862. The lowest BCUT2D eigenvalue weighted by atomic mass is 10.2. The van der Waals surface area contributed by atoms with Crippen LogP contribution in [0.2, 0.25) is 0 Å². The van der Waals surface area contributed by atoms with E-state index in [1.807, 2.05) is 12.1 Å². The minimum atomic E-state index is 0.0862. The maximum atomic E-state index is 5.95. The summed E-state index contributed by atoms with van der Waals surface area (Å²) in [5.41, 5.74) is 1.33. The Morgan fingerprint density at radius 1 is 1.28 bits per heavy atom. The van der Waals surface area contributed by atoms with Gasteiger partial charge in [0.2, 0.25) is 0 Å².